The van der Waals surface area contributed by atoms with Crippen molar-refractivity contribution in [2.75, 3.05) is 26.7 Å². The third-order valence-corrected chi connectivity index (χ3v) is 5.74. The van der Waals surface area contributed by atoms with Gasteiger partial charge in [0.1, 0.15) is 11.5 Å². The van der Waals surface area contributed by atoms with Crippen LogP contribution in [0.4, 0.5) is 13.2 Å². The summed E-state index contributed by atoms with van der Waals surface area (Å²) in [6, 6.07) is 11.9. The Morgan fingerprint density at radius 1 is 1.19 bits per heavy atom. The number of halogens is 3. The molecule has 10 heteroatoms. The van der Waals surface area contributed by atoms with Crippen molar-refractivity contribution in [3.05, 3.63) is 54.0 Å². The molecular weight excluding hydrogens is 429 g/mol. The van der Waals surface area contributed by atoms with Crippen molar-refractivity contribution >= 4 is 11.9 Å². The summed E-state index contributed by atoms with van der Waals surface area (Å²) in [7, 11) is 1.67. The molecule has 0 bridgehead atoms. The second-order valence-electron chi connectivity index (χ2n) is 7.95. The van der Waals surface area contributed by atoms with Crippen molar-refractivity contribution in [1.82, 2.24) is 9.80 Å². The molecule has 1 atom stereocenters. The number of carboxylic acid groups (broad SMARTS) is 1. The molecule has 2 saturated heterocycles. The maximum atomic E-state index is 13.1. The Balaban J connectivity index is 0.000000360. The molecule has 2 fully saturated rings. The lowest BCUT2D eigenvalue weighted by atomic mass is 9.85. The van der Waals surface area contributed by atoms with E-state index < -0.39 is 12.1 Å². The largest absolute Gasteiger partial charge is 0.497 e. The van der Waals surface area contributed by atoms with Gasteiger partial charge in [-0.25, -0.2) is 4.79 Å². The maximum Gasteiger partial charge on any atom is 0.490 e. The molecule has 1 amide bonds. The number of aliphatic carboxylic acids is 1. The highest BCUT2D eigenvalue weighted by molar-refractivity contribution is 5.85. The second-order valence-corrected chi connectivity index (χ2v) is 7.95. The molecule has 0 radical (unpaired) electrons. The van der Waals surface area contributed by atoms with Crippen LogP contribution >= 0.6 is 0 Å². The van der Waals surface area contributed by atoms with Crippen molar-refractivity contribution in [2.45, 2.75) is 32.1 Å². The maximum absolute atomic E-state index is 13.1. The lowest BCUT2D eigenvalue weighted by Gasteiger charge is -2.23. The van der Waals surface area contributed by atoms with Crippen LogP contribution in [0.5, 0.6) is 5.75 Å². The third-order valence-electron chi connectivity index (χ3n) is 5.74. The van der Waals surface area contributed by atoms with Crippen LogP contribution in [0, 0.1) is 5.41 Å². The van der Waals surface area contributed by atoms with Gasteiger partial charge in [-0.15, -0.1) is 0 Å². The monoisotopic (exact) mass is 454 g/mol. The number of rotatable bonds is 5. The van der Waals surface area contributed by atoms with Crippen LogP contribution in [0.1, 0.15) is 24.2 Å². The molecule has 0 aliphatic carbocycles. The molecule has 32 heavy (non-hydrogen) atoms. The fourth-order valence-corrected chi connectivity index (χ4v) is 4.13. The highest BCUT2D eigenvalue weighted by atomic mass is 19.4. The summed E-state index contributed by atoms with van der Waals surface area (Å²) in [6.07, 6.45) is -1.48. The molecule has 1 N–H and O–H groups in total. The Kier molecular flexibility index (Phi) is 7.12. The van der Waals surface area contributed by atoms with Gasteiger partial charge in [0.25, 0.3) is 0 Å². The van der Waals surface area contributed by atoms with E-state index in [1.807, 2.05) is 35.2 Å². The predicted octanol–water partition coefficient (Wildman–Crippen LogP) is 3.55. The van der Waals surface area contributed by atoms with Gasteiger partial charge in [0, 0.05) is 19.6 Å². The Morgan fingerprint density at radius 2 is 1.91 bits per heavy atom. The molecule has 174 valence electrons. The average Bonchev–Trinajstić information content (AvgIpc) is 3.47. The number of ether oxygens (including phenoxy) is 1. The zero-order valence-corrected chi connectivity index (χ0v) is 17.6. The first-order chi connectivity index (χ1) is 15.1. The van der Waals surface area contributed by atoms with E-state index in [-0.39, 0.29) is 5.41 Å². The van der Waals surface area contributed by atoms with E-state index in [1.165, 1.54) is 0 Å². The first kappa shape index (κ1) is 23.6. The molecule has 4 rings (SSSR count). The van der Waals surface area contributed by atoms with E-state index in [0.29, 0.717) is 12.5 Å². The lowest BCUT2D eigenvalue weighted by Crippen LogP contribution is -2.36. The molecular formula is C22H25F3N2O5. The van der Waals surface area contributed by atoms with Crippen LogP contribution in [0.2, 0.25) is 0 Å². The van der Waals surface area contributed by atoms with Crippen molar-refractivity contribution in [1.29, 1.82) is 0 Å². The number of hydrogen-bond acceptors (Lipinski definition) is 5. The van der Waals surface area contributed by atoms with E-state index in [2.05, 4.69) is 11.0 Å². The van der Waals surface area contributed by atoms with Crippen LogP contribution in [0.25, 0.3) is 0 Å². The summed E-state index contributed by atoms with van der Waals surface area (Å²) in [5.41, 5.74) is 0.918. The third kappa shape index (κ3) is 5.61. The highest BCUT2D eigenvalue weighted by Crippen LogP contribution is 2.41. The molecule has 7 nitrogen and oxygen atoms in total. The van der Waals surface area contributed by atoms with Gasteiger partial charge in [-0.05, 0) is 49.2 Å². The Labute approximate surface area is 183 Å². The summed E-state index contributed by atoms with van der Waals surface area (Å²) < 4.78 is 42.5. The number of hydrogen-bond donors (Lipinski definition) is 1. The second kappa shape index (κ2) is 9.64. The van der Waals surface area contributed by atoms with Gasteiger partial charge in [-0.3, -0.25) is 9.69 Å². The van der Waals surface area contributed by atoms with Gasteiger partial charge in [0.15, 0.2) is 0 Å². The van der Waals surface area contributed by atoms with Crippen molar-refractivity contribution < 1.29 is 37.0 Å². The van der Waals surface area contributed by atoms with E-state index in [1.54, 1.807) is 13.4 Å². The SMILES string of the molecule is COc1cccc(CN2CCC3(CCN(Cc4ccco4)C3)C2=O)c1.O=C(O)C(F)(F)F. The highest BCUT2D eigenvalue weighted by Gasteiger charge is 2.50. The molecule has 2 aromatic rings. The summed E-state index contributed by atoms with van der Waals surface area (Å²) in [6.45, 7) is 4.08. The number of carbonyl (C=O) groups excluding carboxylic acids is 1. The smallest absolute Gasteiger partial charge is 0.490 e. The number of furan rings is 1. The number of nitrogens with zero attached hydrogens (tertiary/aromatic N) is 2. The van der Waals surface area contributed by atoms with Crippen molar-refractivity contribution in [3.8, 4) is 5.75 Å². The summed E-state index contributed by atoms with van der Waals surface area (Å²) in [5, 5.41) is 7.12. The lowest BCUT2D eigenvalue weighted by molar-refractivity contribution is -0.192. The Bertz CT molecular complexity index is 932. The van der Waals surface area contributed by atoms with E-state index in [9.17, 15) is 18.0 Å². The number of alkyl halides is 3. The molecule has 3 heterocycles. The topological polar surface area (TPSA) is 83.2 Å². The van der Waals surface area contributed by atoms with Crippen LogP contribution in [-0.2, 0) is 22.7 Å². The number of benzene rings is 1. The number of amides is 1. The zero-order chi connectivity index (χ0) is 23.4. The van der Waals surface area contributed by atoms with Gasteiger partial charge in [0.05, 0.1) is 25.3 Å². The minimum atomic E-state index is -5.08. The van der Waals surface area contributed by atoms with Gasteiger partial charge >= 0.3 is 12.1 Å². The van der Waals surface area contributed by atoms with E-state index in [4.69, 9.17) is 19.1 Å². The summed E-state index contributed by atoms with van der Waals surface area (Å²) in [5.74, 6) is -0.648. The van der Waals surface area contributed by atoms with Crippen LogP contribution in [0.3, 0.4) is 0 Å². The fraction of sp³-hybridized carbons (Fsp3) is 0.455. The molecule has 1 aromatic heterocycles. The number of carboxylic acids is 1. The molecule has 2 aliphatic heterocycles. The van der Waals surface area contributed by atoms with Gasteiger partial charge in [0.2, 0.25) is 5.91 Å². The first-order valence-electron chi connectivity index (χ1n) is 10.1. The minimum absolute atomic E-state index is 0.203. The molecule has 1 spiro atoms. The number of likely N-dealkylation sites (tertiary alicyclic amines) is 2. The molecule has 1 aromatic carbocycles. The van der Waals surface area contributed by atoms with Gasteiger partial charge in [-0.1, -0.05) is 12.1 Å². The first-order valence-corrected chi connectivity index (χ1v) is 10.1. The zero-order valence-electron chi connectivity index (χ0n) is 17.6. The van der Waals surface area contributed by atoms with Crippen LogP contribution < -0.4 is 4.74 Å². The predicted molar refractivity (Wildman–Crippen MR) is 108 cm³/mol. The Hall–Kier alpha value is -3.01. The minimum Gasteiger partial charge on any atom is -0.497 e. The van der Waals surface area contributed by atoms with E-state index >= 15 is 0 Å². The number of methoxy groups -OCH3 is 1. The van der Waals surface area contributed by atoms with Gasteiger partial charge in [-0.2, -0.15) is 13.2 Å². The molecule has 2 aliphatic rings. The van der Waals surface area contributed by atoms with E-state index in [0.717, 1.165) is 56.1 Å². The average molecular weight is 454 g/mol. The van der Waals surface area contributed by atoms with Crippen molar-refractivity contribution in [3.63, 3.8) is 0 Å². The van der Waals surface area contributed by atoms with Crippen molar-refractivity contribution in [2.24, 2.45) is 5.41 Å². The standard InChI is InChI=1S/C20H24N2O3.C2HF3O2/c1-24-17-5-2-4-16(12-17)13-22-10-8-20(19(22)23)7-9-21(15-20)14-18-6-3-11-25-18;3-2(4,5)1(6)7/h2-6,11-12H,7-10,13-15H2,1H3;(H,6,7). The normalized spacial score (nSPS) is 21.0. The van der Waals surface area contributed by atoms with Crippen LogP contribution in [0.15, 0.2) is 47.1 Å². The van der Waals surface area contributed by atoms with Crippen LogP contribution in [-0.4, -0.2) is 59.7 Å². The fourth-order valence-electron chi connectivity index (χ4n) is 4.13. The summed E-state index contributed by atoms with van der Waals surface area (Å²) in [4.78, 5) is 26.3. The quantitative estimate of drug-likeness (QED) is 0.744. The Morgan fingerprint density at radius 3 is 2.53 bits per heavy atom. The van der Waals surface area contributed by atoms with Gasteiger partial charge < -0.3 is 19.2 Å². The molecule has 0 saturated carbocycles. The number of carbonyl (C=O) groups is 2. The summed E-state index contributed by atoms with van der Waals surface area (Å²) >= 11 is 0. The molecule has 1 unspecified atom stereocenters.